The standard InChI is InChI=1S/C11H26O3Si/c1-9(7-10(13)8-12)14-15(5,6)11(2,3)4/h9-10,12-13H,7-8H2,1-6H3/t9-,10-/m1/s1. The van der Waals surface area contributed by atoms with Gasteiger partial charge in [-0.15, -0.1) is 0 Å². The van der Waals surface area contributed by atoms with Gasteiger partial charge in [0.2, 0.25) is 0 Å². The Morgan fingerprint density at radius 3 is 2.07 bits per heavy atom. The zero-order valence-corrected chi connectivity index (χ0v) is 11.9. The molecular formula is C11H26O3Si. The molecule has 0 aliphatic carbocycles. The van der Waals surface area contributed by atoms with Crippen LogP contribution >= 0.6 is 0 Å². The van der Waals surface area contributed by atoms with Crippen LogP contribution in [-0.2, 0) is 4.43 Å². The normalized spacial score (nSPS) is 17.6. The molecule has 0 heterocycles. The molecule has 0 amide bonds. The second-order valence-electron chi connectivity index (χ2n) is 5.76. The van der Waals surface area contributed by atoms with Gasteiger partial charge in [-0.1, -0.05) is 20.8 Å². The van der Waals surface area contributed by atoms with Crippen molar-refractivity contribution in [3.8, 4) is 0 Å². The predicted octanol–water partition coefficient (Wildman–Crippen LogP) is 2.14. The highest BCUT2D eigenvalue weighted by Gasteiger charge is 2.38. The maximum atomic E-state index is 9.31. The molecule has 0 aliphatic rings. The van der Waals surface area contributed by atoms with Gasteiger partial charge in [0.05, 0.1) is 12.7 Å². The van der Waals surface area contributed by atoms with E-state index in [1.807, 2.05) is 6.92 Å². The minimum atomic E-state index is -1.74. The first kappa shape index (κ1) is 15.1. The summed E-state index contributed by atoms with van der Waals surface area (Å²) in [5.74, 6) is 0. The number of hydrogen-bond donors (Lipinski definition) is 2. The van der Waals surface area contributed by atoms with Crippen molar-refractivity contribution < 1.29 is 14.6 Å². The van der Waals surface area contributed by atoms with Gasteiger partial charge in [0.1, 0.15) is 0 Å². The first-order chi connectivity index (χ1) is 6.60. The van der Waals surface area contributed by atoms with Crippen LogP contribution in [0.1, 0.15) is 34.1 Å². The lowest BCUT2D eigenvalue weighted by Gasteiger charge is -2.38. The summed E-state index contributed by atoms with van der Waals surface area (Å²) in [4.78, 5) is 0. The third-order valence-corrected chi connectivity index (χ3v) is 7.72. The average Bonchev–Trinajstić information content (AvgIpc) is 2.00. The summed E-state index contributed by atoms with van der Waals surface area (Å²) >= 11 is 0. The SMILES string of the molecule is C[C@H](C[C@@H](O)CO)O[Si](C)(C)C(C)(C)C. The van der Waals surface area contributed by atoms with Crippen molar-refractivity contribution in [2.45, 2.75) is 64.5 Å². The lowest BCUT2D eigenvalue weighted by atomic mass is 10.2. The number of hydrogen-bond acceptors (Lipinski definition) is 3. The van der Waals surface area contributed by atoms with Gasteiger partial charge in [-0.3, -0.25) is 0 Å². The lowest BCUT2D eigenvalue weighted by Crippen LogP contribution is -2.44. The van der Waals surface area contributed by atoms with E-state index >= 15 is 0 Å². The van der Waals surface area contributed by atoms with Gasteiger partial charge >= 0.3 is 0 Å². The maximum Gasteiger partial charge on any atom is 0.192 e. The molecular weight excluding hydrogens is 208 g/mol. The molecule has 0 saturated carbocycles. The molecule has 15 heavy (non-hydrogen) atoms. The fourth-order valence-electron chi connectivity index (χ4n) is 1.19. The molecule has 0 saturated heterocycles. The van der Waals surface area contributed by atoms with E-state index in [4.69, 9.17) is 9.53 Å². The Morgan fingerprint density at radius 2 is 1.73 bits per heavy atom. The summed E-state index contributed by atoms with van der Waals surface area (Å²) in [5.41, 5.74) is 0. The summed E-state index contributed by atoms with van der Waals surface area (Å²) in [7, 11) is -1.74. The predicted molar refractivity (Wildman–Crippen MR) is 65.5 cm³/mol. The molecule has 0 bridgehead atoms. The number of rotatable bonds is 5. The topological polar surface area (TPSA) is 49.7 Å². The van der Waals surface area contributed by atoms with Crippen molar-refractivity contribution in [3.63, 3.8) is 0 Å². The highest BCUT2D eigenvalue weighted by atomic mass is 28.4. The molecule has 4 heteroatoms. The van der Waals surface area contributed by atoms with Crippen LogP contribution < -0.4 is 0 Å². The zero-order chi connectivity index (χ0) is 12.3. The van der Waals surface area contributed by atoms with Gasteiger partial charge in [-0.2, -0.15) is 0 Å². The molecule has 0 fully saturated rings. The van der Waals surface area contributed by atoms with Crippen LogP contribution in [0.5, 0.6) is 0 Å². The summed E-state index contributed by atoms with van der Waals surface area (Å²) in [6, 6.07) is 0. The van der Waals surface area contributed by atoms with Gasteiger partial charge < -0.3 is 14.6 Å². The summed E-state index contributed by atoms with van der Waals surface area (Å²) in [6.45, 7) is 12.7. The van der Waals surface area contributed by atoms with Gasteiger partial charge in [-0.25, -0.2) is 0 Å². The molecule has 0 aromatic heterocycles. The zero-order valence-electron chi connectivity index (χ0n) is 10.9. The van der Waals surface area contributed by atoms with E-state index in [-0.39, 0.29) is 17.7 Å². The Bertz CT molecular complexity index is 187. The van der Waals surface area contributed by atoms with Crippen molar-refractivity contribution >= 4 is 8.32 Å². The largest absolute Gasteiger partial charge is 0.414 e. The summed E-state index contributed by atoms with van der Waals surface area (Å²) < 4.78 is 6.04. The van der Waals surface area contributed by atoms with E-state index in [2.05, 4.69) is 33.9 Å². The third-order valence-electron chi connectivity index (χ3n) is 3.12. The van der Waals surface area contributed by atoms with Crippen LogP contribution in [0.25, 0.3) is 0 Å². The first-order valence-electron chi connectivity index (χ1n) is 5.57. The van der Waals surface area contributed by atoms with Crippen molar-refractivity contribution in [2.24, 2.45) is 0 Å². The highest BCUT2D eigenvalue weighted by molar-refractivity contribution is 6.74. The third kappa shape index (κ3) is 5.11. The molecule has 92 valence electrons. The lowest BCUT2D eigenvalue weighted by molar-refractivity contribution is 0.0512. The fourth-order valence-corrected chi connectivity index (χ4v) is 2.64. The average molecular weight is 234 g/mol. The fraction of sp³-hybridized carbons (Fsp3) is 1.00. The Balaban J connectivity index is 4.22. The Hall–Kier alpha value is 0.0969. The summed E-state index contributed by atoms with van der Waals surface area (Å²) in [6.07, 6.45) is -0.152. The van der Waals surface area contributed by atoms with Crippen molar-refractivity contribution in [3.05, 3.63) is 0 Å². The minimum absolute atomic E-state index is 0.00745. The van der Waals surface area contributed by atoms with E-state index in [9.17, 15) is 5.11 Å². The maximum absolute atomic E-state index is 9.31. The van der Waals surface area contributed by atoms with Gasteiger partial charge in [0.25, 0.3) is 0 Å². The quantitative estimate of drug-likeness (QED) is 0.717. The van der Waals surface area contributed by atoms with Crippen LogP contribution in [0.2, 0.25) is 18.1 Å². The van der Waals surface area contributed by atoms with Crippen LogP contribution in [-0.4, -0.2) is 37.3 Å². The van der Waals surface area contributed by atoms with Gasteiger partial charge in [-0.05, 0) is 25.1 Å². The van der Waals surface area contributed by atoms with Crippen LogP contribution in [0.3, 0.4) is 0 Å². The van der Waals surface area contributed by atoms with E-state index < -0.39 is 14.4 Å². The molecule has 2 atom stereocenters. The molecule has 0 spiro atoms. The highest BCUT2D eigenvalue weighted by Crippen LogP contribution is 2.37. The molecule has 0 aromatic rings. The Kier molecular flexibility index (Phi) is 5.47. The van der Waals surface area contributed by atoms with Crippen molar-refractivity contribution in [2.75, 3.05) is 6.61 Å². The molecule has 2 N–H and O–H groups in total. The van der Waals surface area contributed by atoms with E-state index in [0.29, 0.717) is 6.42 Å². The molecule has 0 aliphatic heterocycles. The monoisotopic (exact) mass is 234 g/mol. The molecule has 0 unspecified atom stereocenters. The van der Waals surface area contributed by atoms with E-state index in [1.54, 1.807) is 0 Å². The molecule has 0 rings (SSSR count). The van der Waals surface area contributed by atoms with E-state index in [0.717, 1.165) is 0 Å². The van der Waals surface area contributed by atoms with Gasteiger partial charge in [0, 0.05) is 12.5 Å². The second-order valence-corrected chi connectivity index (χ2v) is 10.5. The smallest absolute Gasteiger partial charge is 0.192 e. The van der Waals surface area contributed by atoms with Gasteiger partial charge in [0.15, 0.2) is 8.32 Å². The van der Waals surface area contributed by atoms with Crippen LogP contribution in [0.4, 0.5) is 0 Å². The van der Waals surface area contributed by atoms with Crippen molar-refractivity contribution in [1.82, 2.24) is 0 Å². The van der Waals surface area contributed by atoms with Crippen LogP contribution in [0, 0.1) is 0 Å². The number of aliphatic hydroxyl groups excluding tert-OH is 2. The summed E-state index contributed by atoms with van der Waals surface area (Å²) in [5, 5.41) is 18.2. The first-order valence-corrected chi connectivity index (χ1v) is 8.47. The molecule has 0 radical (unpaired) electrons. The Labute approximate surface area is 94.6 Å². The Morgan fingerprint density at radius 1 is 1.27 bits per heavy atom. The minimum Gasteiger partial charge on any atom is -0.414 e. The molecule has 3 nitrogen and oxygen atoms in total. The van der Waals surface area contributed by atoms with Crippen molar-refractivity contribution in [1.29, 1.82) is 0 Å². The van der Waals surface area contributed by atoms with E-state index in [1.165, 1.54) is 0 Å². The molecule has 0 aromatic carbocycles. The number of aliphatic hydroxyl groups is 2. The van der Waals surface area contributed by atoms with Crippen LogP contribution in [0.15, 0.2) is 0 Å². The second kappa shape index (κ2) is 5.43.